The number of aromatic nitrogens is 1. The third kappa shape index (κ3) is 2.88. The van der Waals surface area contributed by atoms with Crippen molar-refractivity contribution in [3.8, 4) is 0 Å². The van der Waals surface area contributed by atoms with Crippen LogP contribution in [-0.2, 0) is 11.3 Å². The van der Waals surface area contributed by atoms with Crippen LogP contribution in [0.15, 0.2) is 11.7 Å². The molecule has 1 heterocycles. The van der Waals surface area contributed by atoms with E-state index in [2.05, 4.69) is 4.98 Å². The Morgan fingerprint density at radius 1 is 1.60 bits per heavy atom. The van der Waals surface area contributed by atoms with Gasteiger partial charge in [-0.3, -0.25) is 9.78 Å². The van der Waals surface area contributed by atoms with Crippen LogP contribution in [-0.4, -0.2) is 23.2 Å². The fourth-order valence-electron chi connectivity index (χ4n) is 0.714. The Morgan fingerprint density at radius 3 is 2.73 bits per heavy atom. The lowest BCUT2D eigenvalue weighted by Crippen LogP contribution is -2.44. The topological polar surface area (TPSA) is 42.0 Å². The molecule has 0 saturated carbocycles. The van der Waals surface area contributed by atoms with Gasteiger partial charge < -0.3 is 5.32 Å². The first-order valence-electron chi connectivity index (χ1n) is 3.76. The predicted molar refractivity (Wildman–Crippen MR) is 44.9 cm³/mol. The predicted octanol–water partition coefficient (Wildman–Crippen LogP) is 1.66. The monoisotopic (exact) mass is 242 g/mol. The average molecular weight is 242 g/mol. The number of halogens is 4. The molecule has 0 radical (unpaired) electrons. The highest BCUT2D eigenvalue weighted by molar-refractivity contribution is 7.09. The number of carbonyl (C=O) groups is 1. The van der Waals surface area contributed by atoms with Crippen molar-refractivity contribution in [2.75, 3.05) is 0 Å². The number of nitrogens with one attached hydrogen (secondary N) is 1. The summed E-state index contributed by atoms with van der Waals surface area (Å²) in [6, 6.07) is 0. The molecule has 84 valence electrons. The summed E-state index contributed by atoms with van der Waals surface area (Å²) in [5.74, 6) is -6.63. The van der Waals surface area contributed by atoms with Crippen molar-refractivity contribution in [2.45, 2.75) is 18.9 Å². The molecule has 0 aliphatic heterocycles. The normalized spacial score (nSPS) is 11.8. The lowest BCUT2D eigenvalue weighted by molar-refractivity contribution is -0.169. The van der Waals surface area contributed by atoms with Gasteiger partial charge in [-0.15, -0.1) is 11.3 Å². The Balaban J connectivity index is 2.49. The molecule has 0 bridgehead atoms. The van der Waals surface area contributed by atoms with Crippen LogP contribution in [0.1, 0.15) is 4.88 Å². The molecule has 0 unspecified atom stereocenters. The zero-order valence-corrected chi connectivity index (χ0v) is 8.03. The van der Waals surface area contributed by atoms with Crippen LogP contribution in [0.25, 0.3) is 0 Å². The van der Waals surface area contributed by atoms with Gasteiger partial charge in [0.25, 0.3) is 5.91 Å². The molecule has 1 aromatic rings. The lowest BCUT2D eigenvalue weighted by Gasteiger charge is -2.13. The van der Waals surface area contributed by atoms with E-state index in [1.54, 1.807) is 5.32 Å². The van der Waals surface area contributed by atoms with E-state index in [-0.39, 0.29) is 6.54 Å². The molecule has 3 nitrogen and oxygen atoms in total. The highest BCUT2D eigenvalue weighted by Gasteiger charge is 2.48. The fraction of sp³-hybridized carbons (Fsp3) is 0.429. The average Bonchev–Trinajstić information content (AvgIpc) is 2.66. The lowest BCUT2D eigenvalue weighted by atomic mass is 10.3. The number of hydrogen-bond acceptors (Lipinski definition) is 3. The number of carbonyl (C=O) groups excluding carboxylic acids is 1. The van der Waals surface area contributed by atoms with Crippen LogP contribution in [0, 0.1) is 0 Å². The van der Waals surface area contributed by atoms with Gasteiger partial charge in [0.1, 0.15) is 0 Å². The van der Waals surface area contributed by atoms with Crippen molar-refractivity contribution in [3.05, 3.63) is 16.6 Å². The second-order valence-corrected chi connectivity index (χ2v) is 3.54. The summed E-state index contributed by atoms with van der Waals surface area (Å²) >= 11 is 1.13. The van der Waals surface area contributed by atoms with Crippen molar-refractivity contribution in [1.82, 2.24) is 10.3 Å². The van der Waals surface area contributed by atoms with Gasteiger partial charge in [0.15, 0.2) is 0 Å². The third-order valence-electron chi connectivity index (χ3n) is 1.48. The van der Waals surface area contributed by atoms with E-state index in [1.165, 1.54) is 11.7 Å². The van der Waals surface area contributed by atoms with Crippen molar-refractivity contribution in [2.24, 2.45) is 0 Å². The molecule has 0 atom stereocenters. The van der Waals surface area contributed by atoms with E-state index in [9.17, 15) is 22.4 Å². The number of thiazole rings is 1. The molecule has 0 aliphatic rings. The SMILES string of the molecule is O=C(NCc1cncs1)C(F)(F)C(F)F. The molecular weight excluding hydrogens is 236 g/mol. The Kier molecular flexibility index (Phi) is 3.61. The van der Waals surface area contributed by atoms with Gasteiger partial charge in [0.2, 0.25) is 0 Å². The van der Waals surface area contributed by atoms with Crippen LogP contribution in [0.2, 0.25) is 0 Å². The zero-order chi connectivity index (χ0) is 11.5. The smallest absolute Gasteiger partial charge is 0.346 e. The number of alkyl halides is 4. The first kappa shape index (κ1) is 11.9. The summed E-state index contributed by atoms with van der Waals surface area (Å²) in [4.78, 5) is 14.8. The first-order valence-corrected chi connectivity index (χ1v) is 4.64. The van der Waals surface area contributed by atoms with Gasteiger partial charge in [-0.2, -0.15) is 8.78 Å². The van der Waals surface area contributed by atoms with Crippen LogP contribution < -0.4 is 5.32 Å². The second-order valence-electron chi connectivity index (χ2n) is 2.57. The maximum atomic E-state index is 12.4. The second kappa shape index (κ2) is 4.56. The van der Waals surface area contributed by atoms with E-state index >= 15 is 0 Å². The highest BCUT2D eigenvalue weighted by atomic mass is 32.1. The Bertz CT molecular complexity index is 328. The summed E-state index contributed by atoms with van der Waals surface area (Å²) < 4.78 is 48.2. The van der Waals surface area contributed by atoms with Crippen LogP contribution >= 0.6 is 11.3 Å². The van der Waals surface area contributed by atoms with Gasteiger partial charge in [-0.05, 0) is 0 Å². The van der Waals surface area contributed by atoms with E-state index in [0.717, 1.165) is 11.3 Å². The quantitative estimate of drug-likeness (QED) is 0.816. The maximum Gasteiger partial charge on any atom is 0.383 e. The van der Waals surface area contributed by atoms with E-state index < -0.39 is 18.3 Å². The number of rotatable bonds is 4. The van der Waals surface area contributed by atoms with Gasteiger partial charge in [0.05, 0.1) is 12.1 Å². The van der Waals surface area contributed by atoms with Gasteiger partial charge in [-0.1, -0.05) is 0 Å². The van der Waals surface area contributed by atoms with Crippen molar-refractivity contribution in [1.29, 1.82) is 0 Å². The molecule has 0 saturated heterocycles. The molecule has 1 N–H and O–H groups in total. The summed E-state index contributed by atoms with van der Waals surface area (Å²) in [7, 11) is 0. The van der Waals surface area contributed by atoms with Gasteiger partial charge in [0, 0.05) is 11.1 Å². The van der Waals surface area contributed by atoms with Gasteiger partial charge >= 0.3 is 12.3 Å². The Hall–Kier alpha value is -1.18. The standard InChI is InChI=1S/C7H6F4N2OS/c8-5(9)7(10,11)6(14)13-2-4-1-12-3-15-4/h1,3,5H,2H2,(H,13,14). The fourth-order valence-corrected chi connectivity index (χ4v) is 1.25. The Labute approximate surface area is 86.1 Å². The van der Waals surface area contributed by atoms with Crippen LogP contribution in [0.3, 0.4) is 0 Å². The minimum atomic E-state index is -4.65. The molecule has 0 aliphatic carbocycles. The summed E-state index contributed by atoms with van der Waals surface area (Å²) in [5.41, 5.74) is 1.44. The third-order valence-corrected chi connectivity index (χ3v) is 2.26. The molecule has 0 aromatic carbocycles. The molecule has 1 amide bonds. The van der Waals surface area contributed by atoms with Crippen LogP contribution in [0.5, 0.6) is 0 Å². The zero-order valence-electron chi connectivity index (χ0n) is 7.21. The van der Waals surface area contributed by atoms with Crippen molar-refractivity contribution < 1.29 is 22.4 Å². The van der Waals surface area contributed by atoms with E-state index in [4.69, 9.17) is 0 Å². The van der Waals surface area contributed by atoms with E-state index in [1.807, 2.05) is 0 Å². The summed E-state index contributed by atoms with van der Waals surface area (Å²) in [6.07, 6.45) is -2.65. The first-order chi connectivity index (χ1) is 6.94. The van der Waals surface area contributed by atoms with Crippen LogP contribution in [0.4, 0.5) is 17.6 Å². The number of hydrogen-bond donors (Lipinski definition) is 1. The molecule has 0 spiro atoms. The highest BCUT2D eigenvalue weighted by Crippen LogP contribution is 2.22. The van der Waals surface area contributed by atoms with E-state index in [0.29, 0.717) is 4.88 Å². The number of nitrogens with zero attached hydrogens (tertiary/aromatic N) is 1. The largest absolute Gasteiger partial charge is 0.383 e. The molecule has 0 fully saturated rings. The number of amides is 1. The van der Waals surface area contributed by atoms with Gasteiger partial charge in [-0.25, -0.2) is 8.78 Å². The van der Waals surface area contributed by atoms with Crippen molar-refractivity contribution >= 4 is 17.2 Å². The minimum absolute atomic E-state index is 0.230. The van der Waals surface area contributed by atoms with Crippen molar-refractivity contribution in [3.63, 3.8) is 0 Å². The molecular formula is C7H6F4N2OS. The summed E-state index contributed by atoms with van der Waals surface area (Å²) in [5, 5.41) is 1.71. The molecule has 1 aromatic heterocycles. The molecule has 8 heteroatoms. The minimum Gasteiger partial charge on any atom is -0.346 e. The molecule has 15 heavy (non-hydrogen) atoms. The Morgan fingerprint density at radius 2 is 2.27 bits per heavy atom. The summed E-state index contributed by atoms with van der Waals surface area (Å²) in [6.45, 7) is -0.230. The maximum absolute atomic E-state index is 12.4. The molecule has 1 rings (SSSR count).